The number of benzene rings is 2. The molecule has 7 heteroatoms. The number of anilines is 2. The maximum absolute atomic E-state index is 12.4. The van der Waals surface area contributed by atoms with Crippen LogP contribution in [0, 0.1) is 0 Å². The molecule has 2 aromatic carbocycles. The topological polar surface area (TPSA) is 77.1 Å². The Labute approximate surface area is 144 Å². The second kappa shape index (κ2) is 6.35. The number of hydrogen-bond donors (Lipinski definition) is 1. The molecule has 0 unspecified atom stereocenters. The molecule has 1 N–H and O–H groups in total. The third kappa shape index (κ3) is 3.08. The molecule has 0 saturated carbocycles. The molecule has 0 spiro atoms. The molecule has 0 saturated heterocycles. The Morgan fingerprint density at radius 2 is 1.88 bits per heavy atom. The van der Waals surface area contributed by atoms with Crippen LogP contribution in [0.15, 0.2) is 42.5 Å². The summed E-state index contributed by atoms with van der Waals surface area (Å²) in [6.45, 7) is 0.384. The molecule has 0 atom stereocenters. The Morgan fingerprint density at radius 3 is 2.80 bits per heavy atom. The van der Waals surface area contributed by atoms with Crippen molar-refractivity contribution in [1.29, 1.82) is 0 Å². The smallest absolute Gasteiger partial charge is 0.244 e. The lowest BCUT2D eigenvalue weighted by atomic mass is 10.2. The number of carbonyl (C=O) groups is 2. The number of amides is 2. The van der Waals surface area contributed by atoms with Crippen molar-refractivity contribution in [2.24, 2.45) is 0 Å². The van der Waals surface area contributed by atoms with Crippen molar-refractivity contribution in [1.82, 2.24) is 0 Å². The van der Waals surface area contributed by atoms with Crippen molar-refractivity contribution >= 4 is 23.2 Å². The molecule has 2 heterocycles. The molecule has 128 valence electrons. The summed E-state index contributed by atoms with van der Waals surface area (Å²) in [6.07, 6.45) is 0.228. The van der Waals surface area contributed by atoms with Crippen molar-refractivity contribution in [3.63, 3.8) is 0 Å². The molecule has 4 rings (SSSR count). The van der Waals surface area contributed by atoms with Gasteiger partial charge in [0.2, 0.25) is 18.6 Å². The van der Waals surface area contributed by atoms with E-state index in [2.05, 4.69) is 5.32 Å². The lowest BCUT2D eigenvalue weighted by Crippen LogP contribution is -2.37. The first-order valence-corrected chi connectivity index (χ1v) is 7.92. The second-order valence-electron chi connectivity index (χ2n) is 5.66. The van der Waals surface area contributed by atoms with Crippen LogP contribution in [0.1, 0.15) is 6.42 Å². The van der Waals surface area contributed by atoms with Gasteiger partial charge in [0.25, 0.3) is 0 Å². The number of hydrogen-bond acceptors (Lipinski definition) is 5. The van der Waals surface area contributed by atoms with Crippen LogP contribution in [0.3, 0.4) is 0 Å². The first-order valence-electron chi connectivity index (χ1n) is 7.92. The highest BCUT2D eigenvalue weighted by atomic mass is 16.7. The average molecular weight is 340 g/mol. The van der Waals surface area contributed by atoms with Gasteiger partial charge >= 0.3 is 0 Å². The van der Waals surface area contributed by atoms with Gasteiger partial charge in [0.05, 0.1) is 18.7 Å². The summed E-state index contributed by atoms with van der Waals surface area (Å²) in [7, 11) is 0. The summed E-state index contributed by atoms with van der Waals surface area (Å²) in [6, 6.07) is 12.4. The van der Waals surface area contributed by atoms with E-state index in [-0.39, 0.29) is 31.6 Å². The van der Waals surface area contributed by atoms with Gasteiger partial charge in [-0.3, -0.25) is 14.5 Å². The van der Waals surface area contributed by atoms with E-state index in [0.717, 1.165) is 0 Å². The molecular formula is C18H16N2O5. The fourth-order valence-electron chi connectivity index (χ4n) is 2.81. The maximum Gasteiger partial charge on any atom is 0.244 e. The van der Waals surface area contributed by atoms with E-state index in [1.54, 1.807) is 30.3 Å². The summed E-state index contributed by atoms with van der Waals surface area (Å²) < 4.78 is 16.1. The molecule has 0 radical (unpaired) electrons. The Balaban J connectivity index is 1.51. The van der Waals surface area contributed by atoms with Crippen molar-refractivity contribution in [3.05, 3.63) is 42.5 Å². The van der Waals surface area contributed by atoms with E-state index in [1.807, 2.05) is 12.1 Å². The van der Waals surface area contributed by atoms with Crippen LogP contribution < -0.4 is 24.4 Å². The molecule has 2 aromatic rings. The van der Waals surface area contributed by atoms with Gasteiger partial charge in [-0.2, -0.15) is 0 Å². The summed E-state index contributed by atoms with van der Waals surface area (Å²) in [5.41, 5.74) is 1.19. The quantitative estimate of drug-likeness (QED) is 0.927. The van der Waals surface area contributed by atoms with Gasteiger partial charge in [-0.1, -0.05) is 12.1 Å². The number of ether oxygens (including phenoxy) is 3. The molecule has 0 bridgehead atoms. The number of para-hydroxylation sites is 2. The standard InChI is InChI=1S/C18H16N2O5/c21-17(19-12-5-6-15-16(9-12)25-11-24-15)10-20-13-3-1-2-4-14(13)23-8-7-18(20)22/h1-6,9H,7-8,10-11H2,(H,19,21). The summed E-state index contributed by atoms with van der Waals surface area (Å²) >= 11 is 0. The Kier molecular flexibility index (Phi) is 3.89. The monoisotopic (exact) mass is 340 g/mol. The summed E-state index contributed by atoms with van der Waals surface area (Å²) in [4.78, 5) is 26.2. The van der Waals surface area contributed by atoms with Gasteiger partial charge in [-0.25, -0.2) is 0 Å². The van der Waals surface area contributed by atoms with Crippen LogP contribution in [0.4, 0.5) is 11.4 Å². The van der Waals surface area contributed by atoms with Crippen LogP contribution in [-0.2, 0) is 9.59 Å². The van der Waals surface area contributed by atoms with Gasteiger partial charge in [-0.15, -0.1) is 0 Å². The van der Waals surface area contributed by atoms with E-state index in [1.165, 1.54) is 4.90 Å². The van der Waals surface area contributed by atoms with Crippen molar-refractivity contribution in [2.45, 2.75) is 6.42 Å². The van der Waals surface area contributed by atoms with E-state index < -0.39 is 0 Å². The third-order valence-electron chi connectivity index (χ3n) is 3.99. The van der Waals surface area contributed by atoms with Gasteiger partial charge in [-0.05, 0) is 24.3 Å². The predicted octanol–water partition coefficient (Wildman–Crippen LogP) is 2.17. The SMILES string of the molecule is O=C(CN1C(=O)CCOc2ccccc21)Nc1ccc2c(c1)OCO2. The molecule has 0 aromatic heterocycles. The highest BCUT2D eigenvalue weighted by Crippen LogP contribution is 2.34. The zero-order valence-corrected chi connectivity index (χ0v) is 13.4. The van der Waals surface area contributed by atoms with Crippen molar-refractivity contribution in [3.8, 4) is 17.2 Å². The first-order chi connectivity index (χ1) is 12.2. The minimum Gasteiger partial charge on any atom is -0.491 e. The Bertz CT molecular complexity index is 836. The molecule has 0 aliphatic carbocycles. The van der Waals surface area contributed by atoms with Gasteiger partial charge in [0.15, 0.2) is 11.5 Å². The van der Waals surface area contributed by atoms with Gasteiger partial charge < -0.3 is 19.5 Å². The molecule has 7 nitrogen and oxygen atoms in total. The minimum atomic E-state index is -0.302. The molecule has 25 heavy (non-hydrogen) atoms. The van der Waals surface area contributed by atoms with E-state index in [4.69, 9.17) is 14.2 Å². The highest BCUT2D eigenvalue weighted by Gasteiger charge is 2.25. The summed E-state index contributed by atoms with van der Waals surface area (Å²) in [5, 5.41) is 2.78. The lowest BCUT2D eigenvalue weighted by molar-refractivity contribution is -0.121. The normalized spacial score (nSPS) is 15.2. The van der Waals surface area contributed by atoms with E-state index in [0.29, 0.717) is 35.2 Å². The van der Waals surface area contributed by atoms with Crippen molar-refractivity contribution < 1.29 is 23.8 Å². The second-order valence-corrected chi connectivity index (χ2v) is 5.66. The maximum atomic E-state index is 12.4. The summed E-state index contributed by atoms with van der Waals surface area (Å²) in [5.74, 6) is 1.38. The van der Waals surface area contributed by atoms with Crippen LogP contribution in [0.25, 0.3) is 0 Å². The molecule has 2 aliphatic rings. The predicted molar refractivity (Wildman–Crippen MR) is 90.1 cm³/mol. The molecule has 2 amide bonds. The lowest BCUT2D eigenvalue weighted by Gasteiger charge is -2.21. The largest absolute Gasteiger partial charge is 0.491 e. The Morgan fingerprint density at radius 1 is 1.04 bits per heavy atom. The van der Waals surface area contributed by atoms with Gasteiger partial charge in [0, 0.05) is 11.8 Å². The third-order valence-corrected chi connectivity index (χ3v) is 3.99. The fraction of sp³-hybridized carbons (Fsp3) is 0.222. The number of nitrogens with one attached hydrogen (secondary N) is 1. The zero-order chi connectivity index (χ0) is 17.2. The van der Waals surface area contributed by atoms with Crippen LogP contribution in [0.2, 0.25) is 0 Å². The van der Waals surface area contributed by atoms with Crippen LogP contribution >= 0.6 is 0 Å². The molecule has 0 fully saturated rings. The van der Waals surface area contributed by atoms with Gasteiger partial charge in [0.1, 0.15) is 12.3 Å². The highest BCUT2D eigenvalue weighted by molar-refractivity contribution is 6.03. The number of fused-ring (bicyclic) bond motifs is 2. The number of carbonyl (C=O) groups excluding carboxylic acids is 2. The first kappa shape index (κ1) is 15.3. The molecular weight excluding hydrogens is 324 g/mol. The van der Waals surface area contributed by atoms with E-state index >= 15 is 0 Å². The molecule has 2 aliphatic heterocycles. The fourth-order valence-corrected chi connectivity index (χ4v) is 2.81. The zero-order valence-electron chi connectivity index (χ0n) is 13.4. The number of nitrogens with zero attached hydrogens (tertiary/aromatic N) is 1. The average Bonchev–Trinajstić information content (AvgIpc) is 3.02. The van der Waals surface area contributed by atoms with Crippen molar-refractivity contribution in [2.75, 3.05) is 30.2 Å². The van der Waals surface area contributed by atoms with E-state index in [9.17, 15) is 9.59 Å². The van der Waals surface area contributed by atoms with Crippen LogP contribution in [-0.4, -0.2) is 31.8 Å². The van der Waals surface area contributed by atoms with Crippen LogP contribution in [0.5, 0.6) is 17.2 Å². The minimum absolute atomic E-state index is 0.0896. The Hall–Kier alpha value is -3.22. The number of rotatable bonds is 3.